The first-order valence-corrected chi connectivity index (χ1v) is 2.51. The van der Waals surface area contributed by atoms with Crippen LogP contribution < -0.4 is 10.6 Å². The van der Waals surface area contributed by atoms with Gasteiger partial charge in [-0.2, -0.15) is 0 Å². The fraction of sp³-hybridized carbons (Fsp3) is 0.400. The van der Waals surface area contributed by atoms with E-state index in [0.29, 0.717) is 0 Å². The normalized spacial score (nSPS) is 12.6. The van der Waals surface area contributed by atoms with Crippen LogP contribution in [0.5, 0.6) is 0 Å². The molecule has 1 amide bonds. The minimum absolute atomic E-state index is 0. The van der Waals surface area contributed by atoms with Crippen molar-refractivity contribution in [1.82, 2.24) is 10.6 Å². The van der Waals surface area contributed by atoms with Crippen molar-refractivity contribution < 1.29 is 9.90 Å². The van der Waals surface area contributed by atoms with E-state index in [4.69, 9.17) is 5.11 Å². The van der Waals surface area contributed by atoms with Gasteiger partial charge in [-0.05, 0) is 14.1 Å². The number of halogens is 1. The first kappa shape index (κ1) is 12.0. The van der Waals surface area contributed by atoms with E-state index in [-0.39, 0.29) is 18.2 Å². The van der Waals surface area contributed by atoms with Crippen molar-refractivity contribution in [3.8, 4) is 0 Å². The number of carbonyl (C=O) groups excluding carboxylic acids is 1. The average Bonchev–Trinajstić information content (AvgIpc) is 1.86. The first-order chi connectivity index (χ1) is 4.22. The number of hydrogen-bond donors (Lipinski definition) is 3. The predicted molar refractivity (Wildman–Crippen MR) is 41.1 cm³/mol. The molecule has 0 saturated carbocycles. The highest BCUT2D eigenvalue weighted by molar-refractivity contribution is 5.97. The monoisotopic (exact) mass is 166 g/mol. The molecule has 3 N–H and O–H groups in total. The van der Waals surface area contributed by atoms with E-state index in [1.54, 1.807) is 0 Å². The Bertz CT molecular complexity index is 136. The second-order valence-electron chi connectivity index (χ2n) is 1.50. The molecule has 0 atom stereocenters. The number of amides is 1. The summed E-state index contributed by atoms with van der Waals surface area (Å²) in [6, 6.07) is 0. The lowest BCUT2D eigenvalue weighted by Crippen LogP contribution is -2.29. The lowest BCUT2D eigenvalue weighted by Gasteiger charge is -2.05. The largest absolute Gasteiger partial charge is 0.502 e. The summed E-state index contributed by atoms with van der Waals surface area (Å²) >= 11 is 0. The molecule has 10 heavy (non-hydrogen) atoms. The van der Waals surface area contributed by atoms with Crippen molar-refractivity contribution in [2.24, 2.45) is 0 Å². The van der Waals surface area contributed by atoms with Gasteiger partial charge in [0, 0.05) is 0 Å². The Morgan fingerprint density at radius 3 is 1.90 bits per heavy atom. The molecule has 0 fully saturated rings. The molecule has 0 aromatic heterocycles. The quantitative estimate of drug-likeness (QED) is 0.466. The molecule has 60 valence electrons. The van der Waals surface area contributed by atoms with Crippen molar-refractivity contribution >= 4 is 18.3 Å². The molecule has 0 unspecified atom stereocenters. The van der Waals surface area contributed by atoms with E-state index in [2.05, 4.69) is 10.6 Å². The second-order valence-corrected chi connectivity index (χ2v) is 1.50. The van der Waals surface area contributed by atoms with Gasteiger partial charge < -0.3 is 15.7 Å². The number of rotatable bonds is 0. The maximum absolute atomic E-state index is 9.80. The summed E-state index contributed by atoms with van der Waals surface area (Å²) in [7, 11) is 3.75. The number of aliphatic hydroxyl groups excluding tert-OH is 1. The summed E-state index contributed by atoms with van der Waals surface area (Å²) in [5.74, 6) is -0.579. The van der Waals surface area contributed by atoms with E-state index >= 15 is 0 Å². The van der Waals surface area contributed by atoms with Crippen LogP contribution in [0, 0.1) is 0 Å². The van der Waals surface area contributed by atoms with Crippen molar-refractivity contribution in [3.63, 3.8) is 0 Å². The molecule has 1 rings (SSSR count). The van der Waals surface area contributed by atoms with Gasteiger partial charge in [-0.15, -0.1) is 12.4 Å². The molecule has 0 spiro atoms. The van der Waals surface area contributed by atoms with Gasteiger partial charge in [0.05, 0.1) is 6.20 Å². The van der Waals surface area contributed by atoms with Crippen molar-refractivity contribution in [2.45, 2.75) is 0 Å². The molecule has 0 radical (unpaired) electrons. The number of nitrogens with one attached hydrogen (secondary N) is 2. The van der Waals surface area contributed by atoms with Crippen LogP contribution in [0.15, 0.2) is 12.0 Å². The molecule has 0 aromatic rings. The van der Waals surface area contributed by atoms with E-state index in [9.17, 15) is 4.79 Å². The van der Waals surface area contributed by atoms with Crippen LogP contribution in [0.3, 0.4) is 0 Å². The van der Waals surface area contributed by atoms with Gasteiger partial charge in [0.1, 0.15) is 0 Å². The summed E-state index contributed by atoms with van der Waals surface area (Å²) in [6.07, 6.45) is 1.24. The smallest absolute Gasteiger partial charge is 0.291 e. The summed E-state index contributed by atoms with van der Waals surface area (Å²) in [6.45, 7) is 0. The third-order valence-electron chi connectivity index (χ3n) is 0.573. The molecule has 0 aliphatic carbocycles. The summed E-state index contributed by atoms with van der Waals surface area (Å²) in [5.41, 5.74) is 0. The lowest BCUT2D eigenvalue weighted by molar-refractivity contribution is -0.121. The molecule has 4 nitrogen and oxygen atoms in total. The van der Waals surface area contributed by atoms with Gasteiger partial charge in [-0.1, -0.05) is 0 Å². The van der Waals surface area contributed by atoms with E-state index < -0.39 is 5.91 Å². The maximum Gasteiger partial charge on any atom is 0.291 e. The summed E-state index contributed by atoms with van der Waals surface area (Å²) < 4.78 is 0. The lowest BCUT2D eigenvalue weighted by atomic mass is 10.4. The van der Waals surface area contributed by atoms with Crippen molar-refractivity contribution in [2.75, 3.05) is 14.1 Å². The molecular weight excluding hydrogens is 156 g/mol. The average molecular weight is 167 g/mol. The van der Waals surface area contributed by atoms with E-state index in [1.165, 1.54) is 6.20 Å². The van der Waals surface area contributed by atoms with Crippen LogP contribution in [0.4, 0.5) is 0 Å². The van der Waals surface area contributed by atoms with Gasteiger partial charge >= 0.3 is 0 Å². The predicted octanol–water partition coefficient (Wildman–Crippen LogP) is -0.227. The fourth-order valence-electron chi connectivity index (χ4n) is 0.196. The number of aliphatic hydroxyl groups is 1. The molecule has 1 aliphatic heterocycles. The Morgan fingerprint density at radius 1 is 1.60 bits per heavy atom. The first-order valence-electron chi connectivity index (χ1n) is 2.51. The van der Waals surface area contributed by atoms with Crippen LogP contribution in [0.25, 0.3) is 0 Å². The van der Waals surface area contributed by atoms with Gasteiger partial charge in [0.25, 0.3) is 5.91 Å². The minimum atomic E-state index is -0.394. The molecule has 0 aromatic carbocycles. The van der Waals surface area contributed by atoms with Gasteiger partial charge in [0.2, 0.25) is 0 Å². The molecule has 1 heterocycles. The third kappa shape index (κ3) is 4.17. The van der Waals surface area contributed by atoms with Crippen molar-refractivity contribution in [3.05, 3.63) is 12.0 Å². The van der Waals surface area contributed by atoms with E-state index in [0.717, 1.165) is 0 Å². The zero-order valence-electron chi connectivity index (χ0n) is 5.84. The Hall–Kier alpha value is -0.740. The Balaban J connectivity index is 0. The fourth-order valence-corrected chi connectivity index (χ4v) is 0.196. The zero-order chi connectivity index (χ0) is 7.28. The van der Waals surface area contributed by atoms with Crippen LogP contribution in [0.2, 0.25) is 0 Å². The number of carbonyl (C=O) groups is 1. The Kier molecular flexibility index (Phi) is 7.65. The van der Waals surface area contributed by atoms with Gasteiger partial charge in [-0.3, -0.25) is 4.79 Å². The standard InChI is InChI=1S/C3H3NO2.C2H7N.ClH/c5-2-1-4-3(2)6;1-3-2;/h1,5H,(H,4,6);3H,1-2H3;1H. The van der Waals surface area contributed by atoms with Crippen LogP contribution in [-0.4, -0.2) is 25.1 Å². The SMILES string of the molecule is CNC.Cl.O=C1NC=C1O. The molecule has 0 saturated heterocycles. The van der Waals surface area contributed by atoms with Crippen LogP contribution in [0.1, 0.15) is 0 Å². The zero-order valence-corrected chi connectivity index (χ0v) is 6.66. The molecule has 1 aliphatic rings. The Labute approximate surface area is 65.7 Å². The van der Waals surface area contributed by atoms with Crippen molar-refractivity contribution in [1.29, 1.82) is 0 Å². The van der Waals surface area contributed by atoms with Crippen LogP contribution >= 0.6 is 12.4 Å². The highest BCUT2D eigenvalue weighted by atomic mass is 35.5. The highest BCUT2D eigenvalue weighted by Gasteiger charge is 2.12. The topological polar surface area (TPSA) is 61.4 Å². The summed E-state index contributed by atoms with van der Waals surface area (Å²) in [5, 5.41) is 13.1. The Morgan fingerprint density at radius 2 is 1.90 bits per heavy atom. The summed E-state index contributed by atoms with van der Waals surface area (Å²) in [4.78, 5) is 9.80. The van der Waals surface area contributed by atoms with Crippen LogP contribution in [-0.2, 0) is 4.79 Å². The second kappa shape index (κ2) is 6.38. The van der Waals surface area contributed by atoms with Gasteiger partial charge in [-0.25, -0.2) is 0 Å². The highest BCUT2D eigenvalue weighted by Crippen LogP contribution is 1.93. The van der Waals surface area contributed by atoms with Gasteiger partial charge in [0.15, 0.2) is 5.76 Å². The maximum atomic E-state index is 9.80. The number of hydrogen-bond acceptors (Lipinski definition) is 3. The van der Waals surface area contributed by atoms with E-state index in [1.807, 2.05) is 14.1 Å². The minimum Gasteiger partial charge on any atom is -0.502 e. The molecule has 5 heteroatoms. The molecule has 0 bridgehead atoms. The molecular formula is C5H11ClN2O2. The third-order valence-corrected chi connectivity index (χ3v) is 0.573.